The Labute approximate surface area is 145 Å². The molecule has 1 atom stereocenters. The molecule has 1 unspecified atom stereocenters. The molecular weight excluding hydrogens is 298 g/mol. The summed E-state index contributed by atoms with van der Waals surface area (Å²) in [6.07, 6.45) is 2.71. The van der Waals surface area contributed by atoms with E-state index in [9.17, 15) is 4.79 Å². The summed E-state index contributed by atoms with van der Waals surface area (Å²) >= 11 is 0. The lowest BCUT2D eigenvalue weighted by Crippen LogP contribution is -2.32. The topological polar surface area (TPSA) is 46.9 Å². The number of carbonyl (C=O) groups is 1. The standard InChI is InChI=1S/C20H29N3O/c1-13(2)11-16-7-9-17(10-8-16)19(14(3)4)22-20(24)18-12-21-23(6)15(18)5/h7-10,12-14,19H,11H2,1-6H3,(H,22,24). The highest BCUT2D eigenvalue weighted by Gasteiger charge is 2.21. The maximum absolute atomic E-state index is 12.6. The number of nitrogens with one attached hydrogen (secondary N) is 1. The Morgan fingerprint density at radius 3 is 2.25 bits per heavy atom. The summed E-state index contributed by atoms with van der Waals surface area (Å²) in [6, 6.07) is 8.61. The smallest absolute Gasteiger partial charge is 0.255 e. The second-order valence-electron chi connectivity index (χ2n) is 7.30. The van der Waals surface area contributed by atoms with Crippen LogP contribution in [0.25, 0.3) is 0 Å². The first kappa shape index (κ1) is 18.2. The number of nitrogens with zero attached hydrogens (tertiary/aromatic N) is 2. The van der Waals surface area contributed by atoms with Crippen LogP contribution in [0.4, 0.5) is 0 Å². The van der Waals surface area contributed by atoms with Gasteiger partial charge in [0.15, 0.2) is 0 Å². The lowest BCUT2D eigenvalue weighted by molar-refractivity contribution is 0.0925. The van der Waals surface area contributed by atoms with Crippen molar-refractivity contribution >= 4 is 5.91 Å². The van der Waals surface area contributed by atoms with Gasteiger partial charge in [-0.15, -0.1) is 0 Å². The third kappa shape index (κ3) is 4.25. The number of aryl methyl sites for hydroxylation is 1. The minimum absolute atomic E-state index is 0.00907. The summed E-state index contributed by atoms with van der Waals surface area (Å²) in [5.74, 6) is 0.887. The van der Waals surface area contributed by atoms with Crippen LogP contribution in [-0.2, 0) is 13.5 Å². The van der Waals surface area contributed by atoms with Crippen LogP contribution in [0.2, 0.25) is 0 Å². The molecule has 2 rings (SSSR count). The Kier molecular flexibility index (Phi) is 5.81. The van der Waals surface area contributed by atoms with Gasteiger partial charge in [0.1, 0.15) is 0 Å². The molecule has 0 spiro atoms. The SMILES string of the molecule is Cc1c(C(=O)NC(c2ccc(CC(C)C)cc2)C(C)C)cnn1C. The maximum atomic E-state index is 12.6. The van der Waals surface area contributed by atoms with Gasteiger partial charge in [0, 0.05) is 12.7 Å². The molecule has 24 heavy (non-hydrogen) atoms. The number of amides is 1. The molecule has 0 aliphatic heterocycles. The average Bonchev–Trinajstić information content (AvgIpc) is 2.84. The molecular formula is C20H29N3O. The molecule has 2 aromatic rings. The van der Waals surface area contributed by atoms with Gasteiger partial charge in [0.2, 0.25) is 0 Å². The monoisotopic (exact) mass is 327 g/mol. The second-order valence-corrected chi connectivity index (χ2v) is 7.30. The van der Waals surface area contributed by atoms with Crippen LogP contribution >= 0.6 is 0 Å². The zero-order valence-electron chi connectivity index (χ0n) is 15.6. The van der Waals surface area contributed by atoms with Gasteiger partial charge >= 0.3 is 0 Å². The van der Waals surface area contributed by atoms with Gasteiger partial charge in [-0.2, -0.15) is 5.10 Å². The van der Waals surface area contributed by atoms with E-state index in [1.807, 2.05) is 14.0 Å². The van der Waals surface area contributed by atoms with E-state index in [1.165, 1.54) is 5.56 Å². The van der Waals surface area contributed by atoms with Crippen molar-refractivity contribution in [3.63, 3.8) is 0 Å². The maximum Gasteiger partial charge on any atom is 0.255 e. The highest BCUT2D eigenvalue weighted by molar-refractivity contribution is 5.95. The molecule has 0 radical (unpaired) electrons. The van der Waals surface area contributed by atoms with Gasteiger partial charge in [-0.25, -0.2) is 0 Å². The molecule has 0 saturated heterocycles. The molecule has 4 heteroatoms. The lowest BCUT2D eigenvalue weighted by Gasteiger charge is -2.23. The number of aromatic nitrogens is 2. The predicted molar refractivity (Wildman–Crippen MR) is 98.0 cm³/mol. The van der Waals surface area contributed by atoms with E-state index in [0.29, 0.717) is 17.4 Å². The lowest BCUT2D eigenvalue weighted by atomic mass is 9.93. The van der Waals surface area contributed by atoms with Crippen LogP contribution in [0, 0.1) is 18.8 Å². The fourth-order valence-electron chi connectivity index (χ4n) is 2.91. The molecule has 0 bridgehead atoms. The Morgan fingerprint density at radius 1 is 1.17 bits per heavy atom. The largest absolute Gasteiger partial charge is 0.345 e. The molecule has 0 fully saturated rings. The van der Waals surface area contributed by atoms with Crippen molar-refractivity contribution in [1.29, 1.82) is 0 Å². The zero-order valence-corrected chi connectivity index (χ0v) is 15.6. The van der Waals surface area contributed by atoms with Gasteiger partial charge < -0.3 is 5.32 Å². The van der Waals surface area contributed by atoms with Crippen molar-refractivity contribution in [1.82, 2.24) is 15.1 Å². The van der Waals surface area contributed by atoms with Gasteiger partial charge in [-0.3, -0.25) is 9.48 Å². The van der Waals surface area contributed by atoms with E-state index in [0.717, 1.165) is 17.7 Å². The van der Waals surface area contributed by atoms with E-state index in [2.05, 4.69) is 62.4 Å². The quantitative estimate of drug-likeness (QED) is 0.870. The summed E-state index contributed by atoms with van der Waals surface area (Å²) in [6.45, 7) is 10.6. The van der Waals surface area contributed by atoms with E-state index >= 15 is 0 Å². The summed E-state index contributed by atoms with van der Waals surface area (Å²) in [4.78, 5) is 12.6. The first-order chi connectivity index (χ1) is 11.3. The van der Waals surface area contributed by atoms with Crippen LogP contribution < -0.4 is 5.32 Å². The van der Waals surface area contributed by atoms with Crippen LogP contribution in [0.3, 0.4) is 0 Å². The Bertz CT molecular complexity index is 683. The van der Waals surface area contributed by atoms with Crippen molar-refractivity contribution in [2.45, 2.75) is 47.1 Å². The molecule has 1 aromatic carbocycles. The zero-order chi connectivity index (χ0) is 17.9. The summed E-state index contributed by atoms with van der Waals surface area (Å²) in [5.41, 5.74) is 4.00. The normalized spacial score (nSPS) is 12.7. The number of rotatable bonds is 6. The molecule has 0 saturated carbocycles. The number of hydrogen-bond acceptors (Lipinski definition) is 2. The predicted octanol–water partition coefficient (Wildman–Crippen LogP) is 4.05. The fourth-order valence-corrected chi connectivity index (χ4v) is 2.91. The minimum atomic E-state index is -0.0643. The minimum Gasteiger partial charge on any atom is -0.345 e. The van der Waals surface area contributed by atoms with Crippen molar-refractivity contribution in [3.05, 3.63) is 52.8 Å². The van der Waals surface area contributed by atoms with Gasteiger partial charge in [0.05, 0.1) is 17.8 Å². The summed E-state index contributed by atoms with van der Waals surface area (Å²) in [7, 11) is 1.85. The molecule has 1 heterocycles. The van der Waals surface area contributed by atoms with Crippen molar-refractivity contribution in [2.75, 3.05) is 0 Å². The average molecular weight is 327 g/mol. The van der Waals surface area contributed by atoms with Gasteiger partial charge in [0.25, 0.3) is 5.91 Å². The van der Waals surface area contributed by atoms with Crippen molar-refractivity contribution in [2.24, 2.45) is 18.9 Å². The summed E-state index contributed by atoms with van der Waals surface area (Å²) < 4.78 is 1.72. The Hall–Kier alpha value is -2.10. The third-order valence-corrected chi connectivity index (χ3v) is 4.42. The summed E-state index contributed by atoms with van der Waals surface area (Å²) in [5, 5.41) is 7.33. The van der Waals surface area contributed by atoms with E-state index < -0.39 is 0 Å². The van der Waals surface area contributed by atoms with E-state index in [-0.39, 0.29) is 11.9 Å². The van der Waals surface area contributed by atoms with Crippen LogP contribution in [0.15, 0.2) is 30.5 Å². The van der Waals surface area contributed by atoms with E-state index in [1.54, 1.807) is 10.9 Å². The van der Waals surface area contributed by atoms with Gasteiger partial charge in [-0.1, -0.05) is 52.0 Å². The van der Waals surface area contributed by atoms with Crippen molar-refractivity contribution < 1.29 is 4.79 Å². The number of benzene rings is 1. The Morgan fingerprint density at radius 2 is 1.79 bits per heavy atom. The molecule has 4 nitrogen and oxygen atoms in total. The molecule has 0 aliphatic rings. The number of carbonyl (C=O) groups excluding carboxylic acids is 1. The first-order valence-corrected chi connectivity index (χ1v) is 8.68. The molecule has 130 valence electrons. The van der Waals surface area contributed by atoms with Crippen LogP contribution in [0.5, 0.6) is 0 Å². The molecule has 1 aromatic heterocycles. The molecule has 0 aliphatic carbocycles. The van der Waals surface area contributed by atoms with E-state index in [4.69, 9.17) is 0 Å². The number of hydrogen-bond donors (Lipinski definition) is 1. The third-order valence-electron chi connectivity index (χ3n) is 4.42. The van der Waals surface area contributed by atoms with Crippen LogP contribution in [-0.4, -0.2) is 15.7 Å². The first-order valence-electron chi connectivity index (χ1n) is 8.68. The van der Waals surface area contributed by atoms with Crippen molar-refractivity contribution in [3.8, 4) is 0 Å². The Balaban J connectivity index is 2.17. The highest BCUT2D eigenvalue weighted by atomic mass is 16.1. The molecule has 1 amide bonds. The molecule has 1 N–H and O–H groups in total. The van der Waals surface area contributed by atoms with Crippen LogP contribution in [0.1, 0.15) is 60.9 Å². The fraction of sp³-hybridized carbons (Fsp3) is 0.500. The van der Waals surface area contributed by atoms with Gasteiger partial charge in [-0.05, 0) is 36.3 Å². The second kappa shape index (κ2) is 7.65. The highest BCUT2D eigenvalue weighted by Crippen LogP contribution is 2.23.